The number of methoxy groups -OCH3 is 1. The Morgan fingerprint density at radius 2 is 2.08 bits per heavy atom. The van der Waals surface area contributed by atoms with Gasteiger partial charge in [-0.25, -0.2) is 0 Å². The lowest BCUT2D eigenvalue weighted by Gasteiger charge is -2.08. The second-order valence-electron chi connectivity index (χ2n) is 2.94. The molecular formula is C10H18O2. The number of carbonyl (C=O) groups excluding carboxylic acids is 1. The fourth-order valence-corrected chi connectivity index (χ4v) is 0.922. The lowest BCUT2D eigenvalue weighted by atomic mass is 10.1. The topological polar surface area (TPSA) is 26.3 Å². The first kappa shape index (κ1) is 11.4. The minimum atomic E-state index is -0.000457. The van der Waals surface area contributed by atoms with Crippen LogP contribution in [0, 0.1) is 5.92 Å². The van der Waals surface area contributed by atoms with Gasteiger partial charge in [-0.1, -0.05) is 32.4 Å². The summed E-state index contributed by atoms with van der Waals surface area (Å²) >= 11 is 0. The number of carbonyl (C=O) groups is 1. The molecule has 2 nitrogen and oxygen atoms in total. The smallest absolute Gasteiger partial charge is 0.126 e. The first-order valence-corrected chi connectivity index (χ1v) is 4.41. The average Bonchev–Trinajstić information content (AvgIpc) is 2.11. The van der Waals surface area contributed by atoms with Crippen molar-refractivity contribution >= 4 is 6.29 Å². The van der Waals surface area contributed by atoms with E-state index in [0.717, 1.165) is 19.1 Å². The predicted octanol–water partition coefficient (Wildman–Crippen LogP) is 2.19. The Labute approximate surface area is 74.6 Å². The molecule has 0 rings (SSSR count). The van der Waals surface area contributed by atoms with Crippen molar-refractivity contribution in [3.63, 3.8) is 0 Å². The van der Waals surface area contributed by atoms with E-state index in [9.17, 15) is 4.79 Å². The highest BCUT2D eigenvalue weighted by molar-refractivity contribution is 5.55. The molecule has 0 saturated carbocycles. The molecule has 0 N–H and O–H groups in total. The number of rotatable bonds is 6. The number of allylic oxidation sites excluding steroid dienone is 1. The monoisotopic (exact) mass is 170 g/mol. The lowest BCUT2D eigenvalue weighted by molar-refractivity contribution is -0.109. The van der Waals surface area contributed by atoms with E-state index >= 15 is 0 Å². The zero-order valence-corrected chi connectivity index (χ0v) is 8.12. The van der Waals surface area contributed by atoms with Crippen LogP contribution in [0.1, 0.15) is 26.7 Å². The van der Waals surface area contributed by atoms with Crippen molar-refractivity contribution in [2.75, 3.05) is 7.11 Å². The molecule has 2 unspecified atom stereocenters. The molecule has 0 fully saturated rings. The summed E-state index contributed by atoms with van der Waals surface area (Å²) in [6.07, 6.45) is 7.04. The Balaban J connectivity index is 3.82. The molecule has 0 amide bonds. The molecular weight excluding hydrogens is 152 g/mol. The zero-order valence-electron chi connectivity index (χ0n) is 8.12. The normalized spacial score (nSPS) is 16.2. The van der Waals surface area contributed by atoms with E-state index < -0.39 is 0 Å². The number of aldehydes is 1. The van der Waals surface area contributed by atoms with Crippen LogP contribution in [-0.4, -0.2) is 19.5 Å². The van der Waals surface area contributed by atoms with Gasteiger partial charge in [0.1, 0.15) is 6.29 Å². The molecule has 0 aromatic carbocycles. The number of ether oxygens (including phenoxy) is 1. The van der Waals surface area contributed by atoms with Crippen molar-refractivity contribution in [3.8, 4) is 0 Å². The summed E-state index contributed by atoms with van der Waals surface area (Å²) < 4.78 is 5.18. The Hall–Kier alpha value is -0.630. The van der Waals surface area contributed by atoms with Gasteiger partial charge in [-0.15, -0.1) is 0 Å². The summed E-state index contributed by atoms with van der Waals surface area (Å²) in [6.45, 7) is 3.98. The Kier molecular flexibility index (Phi) is 6.67. The molecule has 0 aliphatic heterocycles. The van der Waals surface area contributed by atoms with Crippen LogP contribution in [0.2, 0.25) is 0 Å². The van der Waals surface area contributed by atoms with Crippen LogP contribution in [0.15, 0.2) is 12.2 Å². The fourth-order valence-electron chi connectivity index (χ4n) is 0.922. The SMILES string of the molecule is CCCC(C=CC(C)C=O)OC. The molecule has 0 aliphatic rings. The van der Waals surface area contributed by atoms with Crippen LogP contribution in [-0.2, 0) is 9.53 Å². The largest absolute Gasteiger partial charge is 0.377 e. The van der Waals surface area contributed by atoms with Gasteiger partial charge in [0.25, 0.3) is 0 Å². The van der Waals surface area contributed by atoms with E-state index in [-0.39, 0.29) is 12.0 Å². The maximum atomic E-state index is 10.3. The van der Waals surface area contributed by atoms with Crippen molar-refractivity contribution < 1.29 is 9.53 Å². The van der Waals surface area contributed by atoms with Gasteiger partial charge in [-0.2, -0.15) is 0 Å². The minimum Gasteiger partial charge on any atom is -0.377 e. The Morgan fingerprint density at radius 3 is 2.50 bits per heavy atom. The van der Waals surface area contributed by atoms with E-state index in [1.807, 2.05) is 19.1 Å². The van der Waals surface area contributed by atoms with Crippen molar-refractivity contribution in [1.82, 2.24) is 0 Å². The molecule has 0 radical (unpaired) electrons. The summed E-state index contributed by atoms with van der Waals surface area (Å²) in [4.78, 5) is 10.3. The van der Waals surface area contributed by atoms with Gasteiger partial charge in [0, 0.05) is 13.0 Å². The van der Waals surface area contributed by atoms with E-state index in [2.05, 4.69) is 6.92 Å². The predicted molar refractivity (Wildman–Crippen MR) is 50.1 cm³/mol. The number of hydrogen-bond donors (Lipinski definition) is 0. The summed E-state index contributed by atoms with van der Waals surface area (Å²) in [6, 6.07) is 0. The third kappa shape index (κ3) is 5.08. The molecule has 2 atom stereocenters. The molecule has 0 heterocycles. The second kappa shape index (κ2) is 7.04. The third-order valence-electron chi connectivity index (χ3n) is 1.72. The highest BCUT2D eigenvalue weighted by Crippen LogP contribution is 2.04. The second-order valence-corrected chi connectivity index (χ2v) is 2.94. The molecule has 2 heteroatoms. The van der Waals surface area contributed by atoms with Crippen molar-refractivity contribution in [3.05, 3.63) is 12.2 Å². The lowest BCUT2D eigenvalue weighted by Crippen LogP contribution is -2.06. The van der Waals surface area contributed by atoms with Gasteiger partial charge in [-0.3, -0.25) is 0 Å². The van der Waals surface area contributed by atoms with Gasteiger partial charge in [0.05, 0.1) is 6.10 Å². The highest BCUT2D eigenvalue weighted by Gasteiger charge is 2.00. The quantitative estimate of drug-likeness (QED) is 0.451. The maximum absolute atomic E-state index is 10.3. The van der Waals surface area contributed by atoms with Gasteiger partial charge in [0.2, 0.25) is 0 Å². The summed E-state index contributed by atoms with van der Waals surface area (Å²) in [5.74, 6) is -0.000457. The van der Waals surface area contributed by atoms with Crippen LogP contribution < -0.4 is 0 Å². The third-order valence-corrected chi connectivity index (χ3v) is 1.72. The molecule has 0 saturated heterocycles. The first-order valence-electron chi connectivity index (χ1n) is 4.41. The van der Waals surface area contributed by atoms with E-state index in [1.165, 1.54) is 0 Å². The van der Waals surface area contributed by atoms with Crippen molar-refractivity contribution in [2.24, 2.45) is 5.92 Å². The maximum Gasteiger partial charge on any atom is 0.126 e. The van der Waals surface area contributed by atoms with Crippen molar-refractivity contribution in [2.45, 2.75) is 32.8 Å². The van der Waals surface area contributed by atoms with Gasteiger partial charge in [0.15, 0.2) is 0 Å². The van der Waals surface area contributed by atoms with Gasteiger partial charge < -0.3 is 9.53 Å². The molecule has 0 aliphatic carbocycles. The highest BCUT2D eigenvalue weighted by atomic mass is 16.5. The van der Waals surface area contributed by atoms with Gasteiger partial charge in [-0.05, 0) is 6.42 Å². The summed E-state index contributed by atoms with van der Waals surface area (Å²) in [5, 5.41) is 0. The molecule has 70 valence electrons. The molecule has 0 aromatic rings. The van der Waals surface area contributed by atoms with E-state index in [4.69, 9.17) is 4.74 Å². The first-order chi connectivity index (χ1) is 5.74. The van der Waals surface area contributed by atoms with Crippen LogP contribution in [0.3, 0.4) is 0 Å². The van der Waals surface area contributed by atoms with Gasteiger partial charge >= 0.3 is 0 Å². The minimum absolute atomic E-state index is 0.000457. The summed E-state index contributed by atoms with van der Waals surface area (Å²) in [7, 11) is 1.69. The Morgan fingerprint density at radius 1 is 1.42 bits per heavy atom. The number of hydrogen-bond acceptors (Lipinski definition) is 2. The fraction of sp³-hybridized carbons (Fsp3) is 0.700. The van der Waals surface area contributed by atoms with Crippen LogP contribution in [0.5, 0.6) is 0 Å². The van der Waals surface area contributed by atoms with E-state index in [0.29, 0.717) is 0 Å². The average molecular weight is 170 g/mol. The molecule has 12 heavy (non-hydrogen) atoms. The molecule has 0 bridgehead atoms. The van der Waals surface area contributed by atoms with Crippen molar-refractivity contribution in [1.29, 1.82) is 0 Å². The Bertz CT molecular complexity index is 141. The zero-order chi connectivity index (χ0) is 9.40. The molecule has 0 aromatic heterocycles. The van der Waals surface area contributed by atoms with Crippen LogP contribution in [0.4, 0.5) is 0 Å². The molecule has 0 spiro atoms. The summed E-state index contributed by atoms with van der Waals surface area (Å²) in [5.41, 5.74) is 0. The van der Waals surface area contributed by atoms with Crippen LogP contribution >= 0.6 is 0 Å². The standard InChI is InChI=1S/C10H18O2/c1-4-5-10(12-3)7-6-9(2)8-11/h6-10H,4-5H2,1-3H3. The van der Waals surface area contributed by atoms with Crippen LogP contribution in [0.25, 0.3) is 0 Å². The van der Waals surface area contributed by atoms with E-state index in [1.54, 1.807) is 7.11 Å².